The monoisotopic (exact) mass is 310 g/mol. The van der Waals surface area contributed by atoms with Gasteiger partial charge >= 0.3 is 0 Å². The minimum absolute atomic E-state index is 0.0219. The first-order valence-corrected chi connectivity index (χ1v) is 7.22. The zero-order valence-corrected chi connectivity index (χ0v) is 13.4. The van der Waals surface area contributed by atoms with E-state index in [1.165, 1.54) is 24.0 Å². The molecule has 0 saturated carbocycles. The molecule has 1 rings (SSSR count). The van der Waals surface area contributed by atoms with Gasteiger partial charge in [-0.25, -0.2) is 4.39 Å². The number of amides is 2. The van der Waals surface area contributed by atoms with Crippen molar-refractivity contribution in [2.45, 2.75) is 26.8 Å². The van der Waals surface area contributed by atoms with Crippen LogP contribution in [-0.2, 0) is 9.59 Å². The largest absolute Gasteiger partial charge is 0.489 e. The second-order valence-corrected chi connectivity index (χ2v) is 5.46. The van der Waals surface area contributed by atoms with Crippen LogP contribution in [0.2, 0.25) is 0 Å². The first kappa shape index (κ1) is 17.9. The normalized spacial score (nSPS) is 11.9. The van der Waals surface area contributed by atoms with E-state index < -0.39 is 11.9 Å². The first-order chi connectivity index (χ1) is 10.3. The summed E-state index contributed by atoms with van der Waals surface area (Å²) >= 11 is 0. The third kappa shape index (κ3) is 5.35. The summed E-state index contributed by atoms with van der Waals surface area (Å²) in [7, 11) is 1.63. The second kappa shape index (κ2) is 8.36. The molecule has 0 aliphatic carbocycles. The Labute approximate surface area is 130 Å². The van der Waals surface area contributed by atoms with E-state index in [0.29, 0.717) is 6.54 Å². The summed E-state index contributed by atoms with van der Waals surface area (Å²) in [6.07, 6.45) is 0. The van der Waals surface area contributed by atoms with E-state index in [1.54, 1.807) is 19.2 Å². The first-order valence-electron chi connectivity index (χ1n) is 7.22. The lowest BCUT2D eigenvalue weighted by Gasteiger charge is -2.26. The highest BCUT2D eigenvalue weighted by atomic mass is 19.1. The van der Waals surface area contributed by atoms with E-state index >= 15 is 0 Å². The van der Waals surface area contributed by atoms with Crippen LogP contribution < -0.4 is 10.1 Å². The summed E-state index contributed by atoms with van der Waals surface area (Å²) in [6, 6.07) is 5.54. The number of nitrogens with one attached hydrogen (secondary N) is 1. The molecule has 1 atom stereocenters. The van der Waals surface area contributed by atoms with Gasteiger partial charge in [-0.2, -0.15) is 0 Å². The minimum atomic E-state index is -0.573. The number of para-hydroxylation sites is 1. The van der Waals surface area contributed by atoms with E-state index in [0.717, 1.165) is 0 Å². The molecule has 0 saturated heterocycles. The lowest BCUT2D eigenvalue weighted by molar-refractivity contribution is -0.136. The highest BCUT2D eigenvalue weighted by molar-refractivity contribution is 5.86. The molecule has 0 aromatic heterocycles. The molecule has 5 nitrogen and oxygen atoms in total. The Kier molecular flexibility index (Phi) is 6.82. The number of carbonyl (C=O) groups excluding carboxylic acids is 2. The molecule has 6 heteroatoms. The third-order valence-corrected chi connectivity index (χ3v) is 3.19. The molecule has 22 heavy (non-hydrogen) atoms. The number of rotatable bonds is 7. The number of hydrogen-bond donors (Lipinski definition) is 1. The van der Waals surface area contributed by atoms with Crippen molar-refractivity contribution < 1.29 is 18.7 Å². The summed E-state index contributed by atoms with van der Waals surface area (Å²) in [5, 5.41) is 2.65. The highest BCUT2D eigenvalue weighted by Gasteiger charge is 2.25. The maximum atomic E-state index is 13.4. The molecule has 0 aliphatic heterocycles. The number of likely N-dealkylation sites (N-methyl/N-ethyl adjacent to an activating group) is 1. The molecule has 122 valence electrons. The van der Waals surface area contributed by atoms with Gasteiger partial charge in [0, 0.05) is 14.0 Å². The van der Waals surface area contributed by atoms with Crippen LogP contribution in [0.4, 0.5) is 4.39 Å². The Morgan fingerprint density at radius 2 is 1.95 bits per heavy atom. The highest BCUT2D eigenvalue weighted by Crippen LogP contribution is 2.15. The van der Waals surface area contributed by atoms with Crippen LogP contribution in [0.3, 0.4) is 0 Å². The van der Waals surface area contributed by atoms with Crippen molar-refractivity contribution in [1.29, 1.82) is 0 Å². The van der Waals surface area contributed by atoms with Gasteiger partial charge in [0.1, 0.15) is 12.6 Å². The van der Waals surface area contributed by atoms with Crippen molar-refractivity contribution >= 4 is 11.8 Å². The fourth-order valence-electron chi connectivity index (χ4n) is 1.93. The van der Waals surface area contributed by atoms with Crippen LogP contribution >= 0.6 is 0 Å². The van der Waals surface area contributed by atoms with Crippen LogP contribution in [0.15, 0.2) is 24.3 Å². The van der Waals surface area contributed by atoms with Crippen LogP contribution in [0.1, 0.15) is 20.8 Å². The van der Waals surface area contributed by atoms with E-state index in [4.69, 9.17) is 4.74 Å². The molecular weight excluding hydrogens is 287 g/mol. The molecule has 0 heterocycles. The predicted octanol–water partition coefficient (Wildman–Crippen LogP) is 1.82. The molecule has 0 radical (unpaired) electrons. The van der Waals surface area contributed by atoms with Crippen LogP contribution in [-0.4, -0.2) is 43.0 Å². The summed E-state index contributed by atoms with van der Waals surface area (Å²) in [5.74, 6) is -0.739. The Morgan fingerprint density at radius 3 is 2.50 bits per heavy atom. The fraction of sp³-hybridized carbons (Fsp3) is 0.500. The topological polar surface area (TPSA) is 58.6 Å². The smallest absolute Gasteiger partial charge is 0.245 e. The van der Waals surface area contributed by atoms with Gasteiger partial charge in [-0.3, -0.25) is 9.59 Å². The molecule has 1 N–H and O–H groups in total. The number of carbonyl (C=O) groups is 2. The van der Waals surface area contributed by atoms with Crippen molar-refractivity contribution in [3.8, 4) is 5.75 Å². The molecule has 0 fully saturated rings. The van der Waals surface area contributed by atoms with Crippen molar-refractivity contribution in [1.82, 2.24) is 10.2 Å². The zero-order valence-electron chi connectivity index (χ0n) is 13.4. The number of benzene rings is 1. The second-order valence-electron chi connectivity index (χ2n) is 5.46. The SMILES string of the molecule is CC(=O)N[C@@H](C(=O)N(C)CCOc1ccccc1F)C(C)C. The molecule has 0 unspecified atom stereocenters. The van der Waals surface area contributed by atoms with Gasteiger partial charge in [0.25, 0.3) is 0 Å². The van der Waals surface area contributed by atoms with E-state index in [2.05, 4.69) is 5.32 Å². The molecule has 0 bridgehead atoms. The van der Waals surface area contributed by atoms with Crippen LogP contribution in [0.25, 0.3) is 0 Å². The maximum absolute atomic E-state index is 13.4. The van der Waals surface area contributed by atoms with Gasteiger partial charge in [-0.05, 0) is 18.1 Å². The molecule has 1 aromatic rings. The fourth-order valence-corrected chi connectivity index (χ4v) is 1.93. The molecule has 0 aliphatic rings. The Morgan fingerprint density at radius 1 is 1.32 bits per heavy atom. The summed E-state index contributed by atoms with van der Waals surface area (Å²) in [5.41, 5.74) is 0. The molecule has 0 spiro atoms. The number of ether oxygens (including phenoxy) is 1. The molecule has 1 aromatic carbocycles. The standard InChI is InChI=1S/C16H23FN2O3/c1-11(2)15(18-12(3)20)16(21)19(4)9-10-22-14-8-6-5-7-13(14)17/h5-8,11,15H,9-10H2,1-4H3,(H,18,20)/t15-/m1/s1. The number of hydrogen-bond acceptors (Lipinski definition) is 3. The van der Waals surface area contributed by atoms with Gasteiger partial charge in [0.2, 0.25) is 11.8 Å². The summed E-state index contributed by atoms with van der Waals surface area (Å²) in [6.45, 7) is 5.58. The average molecular weight is 310 g/mol. The van der Waals surface area contributed by atoms with Gasteiger partial charge in [0.05, 0.1) is 6.54 Å². The third-order valence-electron chi connectivity index (χ3n) is 3.19. The Balaban J connectivity index is 2.53. The van der Waals surface area contributed by atoms with E-state index in [1.807, 2.05) is 13.8 Å². The quantitative estimate of drug-likeness (QED) is 0.836. The van der Waals surface area contributed by atoms with Gasteiger partial charge in [-0.15, -0.1) is 0 Å². The maximum Gasteiger partial charge on any atom is 0.245 e. The molecular formula is C16H23FN2O3. The summed E-state index contributed by atoms with van der Waals surface area (Å²) in [4.78, 5) is 25.0. The minimum Gasteiger partial charge on any atom is -0.489 e. The predicted molar refractivity (Wildman–Crippen MR) is 82.0 cm³/mol. The van der Waals surface area contributed by atoms with Crippen LogP contribution in [0.5, 0.6) is 5.75 Å². The number of halogens is 1. The van der Waals surface area contributed by atoms with Crippen molar-refractivity contribution in [2.75, 3.05) is 20.2 Å². The zero-order chi connectivity index (χ0) is 16.7. The number of nitrogens with zero attached hydrogens (tertiary/aromatic N) is 1. The summed E-state index contributed by atoms with van der Waals surface area (Å²) < 4.78 is 18.7. The van der Waals surface area contributed by atoms with Crippen molar-refractivity contribution in [3.05, 3.63) is 30.1 Å². The Bertz CT molecular complexity index is 520. The Hall–Kier alpha value is -2.11. The van der Waals surface area contributed by atoms with E-state index in [-0.39, 0.29) is 30.1 Å². The van der Waals surface area contributed by atoms with Gasteiger partial charge in [-0.1, -0.05) is 26.0 Å². The van der Waals surface area contributed by atoms with Gasteiger partial charge < -0.3 is 15.0 Å². The lowest BCUT2D eigenvalue weighted by Crippen LogP contribution is -2.50. The molecule has 2 amide bonds. The van der Waals surface area contributed by atoms with Crippen LogP contribution in [0, 0.1) is 11.7 Å². The average Bonchev–Trinajstić information content (AvgIpc) is 2.45. The van der Waals surface area contributed by atoms with E-state index in [9.17, 15) is 14.0 Å². The lowest BCUT2D eigenvalue weighted by atomic mass is 10.0. The van der Waals surface area contributed by atoms with Crippen molar-refractivity contribution in [3.63, 3.8) is 0 Å². The van der Waals surface area contributed by atoms with Gasteiger partial charge in [0.15, 0.2) is 11.6 Å². The van der Waals surface area contributed by atoms with Crippen molar-refractivity contribution in [2.24, 2.45) is 5.92 Å².